The number of hydrogen-bond donors (Lipinski definition) is 2. The molecular weight excluding hydrogens is 515 g/mol. The number of thioether (sulfide) groups is 1. The number of hydrazine groups is 1. The number of benzene rings is 2. The molecule has 11 nitrogen and oxygen atoms in total. The Morgan fingerprint density at radius 1 is 1.18 bits per heavy atom. The van der Waals surface area contributed by atoms with Crippen molar-refractivity contribution in [2.45, 2.75) is 18.8 Å². The van der Waals surface area contributed by atoms with Crippen molar-refractivity contribution in [3.63, 3.8) is 0 Å². The summed E-state index contributed by atoms with van der Waals surface area (Å²) < 4.78 is 16.6. The highest BCUT2D eigenvalue weighted by Crippen LogP contribution is 2.38. The second-order valence-electron chi connectivity index (χ2n) is 8.91. The maximum absolute atomic E-state index is 15.0. The van der Waals surface area contributed by atoms with Crippen molar-refractivity contribution in [2.24, 2.45) is 0 Å². The monoisotopic (exact) mass is 540 g/mol. The van der Waals surface area contributed by atoms with Gasteiger partial charge in [0, 0.05) is 56.3 Å². The standard InChI is InChI=1S/C25H25FN6O5S/c1-2-30-19-12-20(29-9-7-27-8-10-29)18(26)11-17(19)22(33)13-21(30)24(35)28-31-23(34)14-38-25(31)15-3-5-16(6-4-15)32(36)37/h3-6,11-13,25,27H,2,7-10,14H2,1H3,(H,28,35). The molecule has 38 heavy (non-hydrogen) atoms. The lowest BCUT2D eigenvalue weighted by Gasteiger charge is -2.30. The molecule has 2 amide bonds. The van der Waals surface area contributed by atoms with E-state index in [1.165, 1.54) is 47.1 Å². The number of nitro benzene ring substituents is 1. The second kappa shape index (κ2) is 10.4. The minimum Gasteiger partial charge on any atom is -0.367 e. The molecule has 1 aromatic heterocycles. The van der Waals surface area contributed by atoms with E-state index in [1.54, 1.807) is 10.6 Å². The molecule has 0 aliphatic carbocycles. The molecule has 2 saturated heterocycles. The molecule has 2 aromatic carbocycles. The second-order valence-corrected chi connectivity index (χ2v) is 9.98. The van der Waals surface area contributed by atoms with Gasteiger partial charge in [-0.25, -0.2) is 9.40 Å². The summed E-state index contributed by atoms with van der Waals surface area (Å²) in [5.74, 6) is -1.40. The van der Waals surface area contributed by atoms with E-state index in [-0.39, 0.29) is 28.4 Å². The number of hydrogen-bond acceptors (Lipinski definition) is 8. The number of amides is 2. The van der Waals surface area contributed by atoms with Crippen LogP contribution in [-0.4, -0.2) is 58.2 Å². The quantitative estimate of drug-likeness (QED) is 0.360. The third-order valence-corrected chi connectivity index (χ3v) is 7.88. The van der Waals surface area contributed by atoms with Crippen LogP contribution in [0.3, 0.4) is 0 Å². The predicted octanol–water partition coefficient (Wildman–Crippen LogP) is 2.40. The third-order valence-electron chi connectivity index (χ3n) is 6.67. The van der Waals surface area contributed by atoms with E-state index in [0.717, 1.165) is 6.07 Å². The van der Waals surface area contributed by atoms with Crippen LogP contribution in [0.5, 0.6) is 0 Å². The van der Waals surface area contributed by atoms with Gasteiger partial charge in [-0.15, -0.1) is 11.8 Å². The maximum Gasteiger partial charge on any atom is 0.286 e. The molecule has 2 aliphatic heterocycles. The van der Waals surface area contributed by atoms with Gasteiger partial charge in [-0.1, -0.05) is 0 Å². The summed E-state index contributed by atoms with van der Waals surface area (Å²) in [6.07, 6.45) is 0. The highest BCUT2D eigenvalue weighted by atomic mass is 32.2. The average molecular weight is 541 g/mol. The lowest BCUT2D eigenvalue weighted by atomic mass is 10.1. The smallest absolute Gasteiger partial charge is 0.286 e. The number of anilines is 1. The number of pyridine rings is 1. The lowest BCUT2D eigenvalue weighted by Crippen LogP contribution is -2.45. The number of aromatic nitrogens is 1. The number of halogens is 1. The number of nitrogens with one attached hydrogen (secondary N) is 2. The van der Waals surface area contributed by atoms with E-state index in [2.05, 4.69) is 10.7 Å². The number of non-ortho nitro benzene ring substituents is 1. The number of nitrogens with zero attached hydrogens (tertiary/aromatic N) is 4. The van der Waals surface area contributed by atoms with Gasteiger partial charge in [-0.3, -0.25) is 29.9 Å². The van der Waals surface area contributed by atoms with Crippen LogP contribution in [0.4, 0.5) is 15.8 Å². The van der Waals surface area contributed by atoms with Crippen LogP contribution >= 0.6 is 11.8 Å². The first-order valence-electron chi connectivity index (χ1n) is 12.1. The number of piperazine rings is 1. The van der Waals surface area contributed by atoms with Gasteiger partial charge < -0.3 is 14.8 Å². The average Bonchev–Trinajstić information content (AvgIpc) is 3.28. The number of carbonyl (C=O) groups is 2. The van der Waals surface area contributed by atoms with Crippen molar-refractivity contribution in [1.29, 1.82) is 0 Å². The van der Waals surface area contributed by atoms with Gasteiger partial charge in [0.15, 0.2) is 5.43 Å². The highest BCUT2D eigenvalue weighted by molar-refractivity contribution is 8.00. The Morgan fingerprint density at radius 2 is 1.89 bits per heavy atom. The molecule has 0 radical (unpaired) electrons. The van der Waals surface area contributed by atoms with Gasteiger partial charge in [0.05, 0.1) is 21.9 Å². The predicted molar refractivity (Wildman–Crippen MR) is 142 cm³/mol. The molecule has 2 aliphatic rings. The van der Waals surface area contributed by atoms with Crippen molar-refractivity contribution >= 4 is 45.9 Å². The van der Waals surface area contributed by atoms with Gasteiger partial charge in [0.2, 0.25) is 0 Å². The van der Waals surface area contributed by atoms with Gasteiger partial charge in [-0.2, -0.15) is 0 Å². The Labute approximate surface area is 220 Å². The van der Waals surface area contributed by atoms with Crippen LogP contribution in [0.25, 0.3) is 10.9 Å². The molecule has 2 N–H and O–H groups in total. The number of fused-ring (bicyclic) bond motifs is 1. The number of aryl methyl sites for hydroxylation is 1. The zero-order valence-electron chi connectivity index (χ0n) is 20.5. The van der Waals surface area contributed by atoms with Crippen molar-refractivity contribution in [3.8, 4) is 0 Å². The largest absolute Gasteiger partial charge is 0.367 e. The molecule has 13 heteroatoms. The molecule has 0 spiro atoms. The molecule has 1 unspecified atom stereocenters. The summed E-state index contributed by atoms with van der Waals surface area (Å²) in [6, 6.07) is 9.73. The van der Waals surface area contributed by atoms with Gasteiger partial charge in [0.25, 0.3) is 17.5 Å². The Bertz CT molecular complexity index is 1490. The Balaban J connectivity index is 1.49. The molecular formula is C25H25FN6O5S. The molecule has 2 fully saturated rings. The normalized spacial score (nSPS) is 17.7. The highest BCUT2D eigenvalue weighted by Gasteiger charge is 2.35. The summed E-state index contributed by atoms with van der Waals surface area (Å²) in [6.45, 7) is 4.76. The molecule has 1 atom stereocenters. The summed E-state index contributed by atoms with van der Waals surface area (Å²) in [4.78, 5) is 51.4. The molecule has 3 heterocycles. The number of carbonyl (C=O) groups excluding carboxylic acids is 2. The van der Waals surface area contributed by atoms with Crippen molar-refractivity contribution < 1.29 is 18.9 Å². The summed E-state index contributed by atoms with van der Waals surface area (Å²) in [5.41, 5.74) is 3.47. The molecule has 5 rings (SSSR count). The zero-order valence-corrected chi connectivity index (χ0v) is 21.3. The van der Waals surface area contributed by atoms with Crippen LogP contribution in [0.15, 0.2) is 47.3 Å². The van der Waals surface area contributed by atoms with E-state index in [0.29, 0.717) is 49.5 Å². The van der Waals surface area contributed by atoms with E-state index in [4.69, 9.17) is 0 Å². The number of rotatable bonds is 6. The zero-order chi connectivity index (χ0) is 27.0. The molecule has 198 valence electrons. The third kappa shape index (κ3) is 4.70. The Hall–Kier alpha value is -3.97. The van der Waals surface area contributed by atoms with Crippen LogP contribution in [0.1, 0.15) is 28.3 Å². The first kappa shape index (κ1) is 25.7. The first-order valence-corrected chi connectivity index (χ1v) is 13.1. The summed E-state index contributed by atoms with van der Waals surface area (Å²) in [5, 5.41) is 15.0. The Kier molecular flexibility index (Phi) is 7.04. The van der Waals surface area contributed by atoms with E-state index >= 15 is 0 Å². The fraction of sp³-hybridized carbons (Fsp3) is 0.320. The fourth-order valence-corrected chi connectivity index (χ4v) is 5.89. The van der Waals surface area contributed by atoms with Crippen LogP contribution < -0.4 is 21.1 Å². The maximum atomic E-state index is 15.0. The van der Waals surface area contributed by atoms with Gasteiger partial charge >= 0.3 is 0 Å². The number of nitro groups is 1. The van der Waals surface area contributed by atoms with E-state index in [9.17, 15) is 28.9 Å². The minimum atomic E-state index is -0.665. The fourth-order valence-electron chi connectivity index (χ4n) is 4.78. The SMILES string of the molecule is CCn1c(C(=O)NN2C(=O)CSC2c2ccc([N+](=O)[O-])cc2)cc(=O)c2cc(F)c(N3CCNCC3)cc21. The molecule has 0 bridgehead atoms. The molecule has 3 aromatic rings. The van der Waals surface area contributed by atoms with Crippen LogP contribution in [-0.2, 0) is 11.3 Å². The lowest BCUT2D eigenvalue weighted by molar-refractivity contribution is -0.384. The van der Waals surface area contributed by atoms with E-state index < -0.39 is 27.5 Å². The van der Waals surface area contributed by atoms with Crippen molar-refractivity contribution in [1.82, 2.24) is 20.3 Å². The van der Waals surface area contributed by atoms with Crippen molar-refractivity contribution in [3.05, 3.63) is 79.9 Å². The Morgan fingerprint density at radius 3 is 2.55 bits per heavy atom. The summed E-state index contributed by atoms with van der Waals surface area (Å²) >= 11 is 1.27. The van der Waals surface area contributed by atoms with Gasteiger partial charge in [0.1, 0.15) is 16.9 Å². The minimum absolute atomic E-state index is 0.0371. The van der Waals surface area contributed by atoms with Crippen LogP contribution in [0.2, 0.25) is 0 Å². The topological polar surface area (TPSA) is 130 Å². The molecule has 0 saturated carbocycles. The van der Waals surface area contributed by atoms with Crippen molar-refractivity contribution in [2.75, 3.05) is 36.8 Å². The van der Waals surface area contributed by atoms with E-state index in [1.807, 2.05) is 11.8 Å². The summed E-state index contributed by atoms with van der Waals surface area (Å²) in [7, 11) is 0. The first-order chi connectivity index (χ1) is 18.3. The van der Waals surface area contributed by atoms with Crippen LogP contribution in [0, 0.1) is 15.9 Å². The van der Waals surface area contributed by atoms with Gasteiger partial charge in [-0.05, 0) is 36.8 Å².